The minimum atomic E-state index is -1.04. The molecule has 1 rings (SSSR count). The molecule has 0 aliphatic heterocycles. The number of carboxylic acid groups (broad SMARTS) is 1. The van der Waals surface area contributed by atoms with Gasteiger partial charge in [0.2, 0.25) is 0 Å². The normalized spacial score (nSPS) is 10.1. The smallest absolute Gasteiger partial charge is 0.872 e. The van der Waals surface area contributed by atoms with E-state index in [4.69, 9.17) is 5.11 Å². The summed E-state index contributed by atoms with van der Waals surface area (Å²) in [6, 6.07) is 4.40. The summed E-state index contributed by atoms with van der Waals surface area (Å²) in [4.78, 5) is 10.7. The first-order chi connectivity index (χ1) is 9.65. The molecule has 0 aliphatic carbocycles. The van der Waals surface area contributed by atoms with Crippen molar-refractivity contribution >= 4 is 5.97 Å². The van der Waals surface area contributed by atoms with Gasteiger partial charge in [-0.25, -0.2) is 4.79 Å². The number of rotatable bonds is 10. The maximum Gasteiger partial charge on any atom is 1.00 e. The quantitative estimate of drug-likeness (QED) is 0.521. The van der Waals surface area contributed by atoms with Crippen LogP contribution in [0.3, 0.4) is 0 Å². The zero-order valence-corrected chi connectivity index (χ0v) is 15.4. The molecule has 0 heterocycles. The van der Waals surface area contributed by atoms with Crippen LogP contribution in [0, 0.1) is 0 Å². The molecule has 1 N–H and O–H groups in total. The molecule has 0 saturated heterocycles. The first kappa shape index (κ1) is 20.5. The van der Waals surface area contributed by atoms with Crippen LogP contribution in [0.15, 0.2) is 18.2 Å². The average molecular weight is 300 g/mol. The van der Waals surface area contributed by atoms with Crippen LogP contribution in [0.4, 0.5) is 0 Å². The Morgan fingerprint density at radius 3 is 2.14 bits per heavy atom. The molecule has 21 heavy (non-hydrogen) atoms. The first-order valence-corrected chi connectivity index (χ1v) is 7.68. The van der Waals surface area contributed by atoms with Gasteiger partial charge in [-0.1, -0.05) is 69.6 Å². The number of aryl methyl sites for hydroxylation is 1. The summed E-state index contributed by atoms with van der Waals surface area (Å²) in [6.45, 7) is 2.22. The van der Waals surface area contributed by atoms with Gasteiger partial charge in [0, 0.05) is 0 Å². The van der Waals surface area contributed by atoms with Crippen LogP contribution in [-0.2, 0) is 6.42 Å². The van der Waals surface area contributed by atoms with Crippen molar-refractivity contribution in [3.63, 3.8) is 0 Å². The maximum absolute atomic E-state index is 11.7. The monoisotopic (exact) mass is 300 g/mol. The van der Waals surface area contributed by atoms with Crippen LogP contribution in [0.2, 0.25) is 0 Å². The number of aromatic carboxylic acids is 1. The summed E-state index contributed by atoms with van der Waals surface area (Å²) in [7, 11) is 0. The Labute approximate surface area is 150 Å². The molecule has 0 saturated carbocycles. The zero-order valence-electron chi connectivity index (χ0n) is 13.4. The van der Waals surface area contributed by atoms with Crippen LogP contribution >= 0.6 is 0 Å². The second-order valence-corrected chi connectivity index (χ2v) is 5.35. The van der Waals surface area contributed by atoms with E-state index in [9.17, 15) is 9.90 Å². The van der Waals surface area contributed by atoms with Crippen molar-refractivity contribution in [1.82, 2.24) is 0 Å². The number of hydrogen-bond acceptors (Lipinski definition) is 2. The summed E-state index contributed by atoms with van der Waals surface area (Å²) < 4.78 is 0. The summed E-state index contributed by atoms with van der Waals surface area (Å²) in [5.41, 5.74) is 0.815. The van der Waals surface area contributed by atoms with Crippen LogP contribution < -0.4 is 34.7 Å². The molecular weight excluding hydrogens is 275 g/mol. The molecule has 112 valence electrons. The zero-order chi connectivity index (χ0) is 14.8. The Morgan fingerprint density at radius 2 is 1.62 bits per heavy atom. The van der Waals surface area contributed by atoms with Crippen LogP contribution in [-0.4, -0.2) is 11.1 Å². The molecule has 4 heteroatoms. The largest absolute Gasteiger partial charge is 1.00 e. The van der Waals surface area contributed by atoms with Crippen LogP contribution in [0.25, 0.3) is 0 Å². The van der Waals surface area contributed by atoms with Crippen LogP contribution in [0.1, 0.15) is 74.2 Å². The standard InChI is InChI=1S/C17H26O3.Na/c1-2-3-4-5-6-7-8-9-10-14-11-12-15(17(19)20)13-16(14)18;/h11-13,18H,2-10H2,1H3,(H,19,20);/q;+1/p-1. The third-order valence-electron chi connectivity index (χ3n) is 3.61. The first-order valence-electron chi connectivity index (χ1n) is 7.68. The van der Waals surface area contributed by atoms with Crippen molar-refractivity contribution in [2.75, 3.05) is 0 Å². The predicted molar refractivity (Wildman–Crippen MR) is 79.2 cm³/mol. The van der Waals surface area contributed by atoms with Gasteiger partial charge < -0.3 is 10.2 Å². The fourth-order valence-corrected chi connectivity index (χ4v) is 2.34. The molecule has 3 nitrogen and oxygen atoms in total. The fourth-order valence-electron chi connectivity index (χ4n) is 2.34. The Morgan fingerprint density at radius 1 is 1.05 bits per heavy atom. The molecule has 1 aromatic carbocycles. The summed E-state index contributed by atoms with van der Waals surface area (Å²) in [5.74, 6) is -1.19. The molecule has 0 aromatic heterocycles. The fraction of sp³-hybridized carbons (Fsp3) is 0.588. The van der Waals surface area contributed by atoms with Gasteiger partial charge in [-0.2, -0.15) is 0 Å². The third-order valence-corrected chi connectivity index (χ3v) is 3.61. The molecular formula is C17H25NaO3. The van der Waals surface area contributed by atoms with Gasteiger partial charge in [0.25, 0.3) is 0 Å². The van der Waals surface area contributed by atoms with E-state index >= 15 is 0 Å². The van der Waals surface area contributed by atoms with Crippen molar-refractivity contribution in [3.8, 4) is 5.75 Å². The van der Waals surface area contributed by atoms with Crippen molar-refractivity contribution in [2.24, 2.45) is 0 Å². The van der Waals surface area contributed by atoms with E-state index in [1.807, 2.05) is 0 Å². The van der Waals surface area contributed by atoms with E-state index in [0.29, 0.717) is 0 Å². The molecule has 0 amide bonds. The van der Waals surface area contributed by atoms with E-state index < -0.39 is 5.97 Å². The Balaban J connectivity index is 0.00000400. The molecule has 0 aliphatic rings. The Bertz CT molecular complexity index is 418. The van der Waals surface area contributed by atoms with Gasteiger partial charge in [0.1, 0.15) is 0 Å². The minimum absolute atomic E-state index is 0. The van der Waals surface area contributed by atoms with E-state index in [0.717, 1.165) is 24.8 Å². The van der Waals surface area contributed by atoms with Crippen molar-refractivity contribution in [3.05, 3.63) is 29.3 Å². The number of benzene rings is 1. The van der Waals surface area contributed by atoms with Crippen LogP contribution in [0.5, 0.6) is 5.75 Å². The molecule has 0 fully saturated rings. The molecule has 0 atom stereocenters. The number of carboxylic acids is 1. The summed E-state index contributed by atoms with van der Waals surface area (Å²) in [5, 5.41) is 20.5. The van der Waals surface area contributed by atoms with E-state index in [2.05, 4.69) is 6.92 Å². The third kappa shape index (κ3) is 8.50. The number of hydrogen-bond donors (Lipinski definition) is 1. The Hall–Kier alpha value is -0.510. The molecule has 1 aromatic rings. The molecule has 0 radical (unpaired) electrons. The SMILES string of the molecule is CCCCCCCCCCc1ccc(C(=O)O)cc1[O-].[Na+]. The van der Waals surface area contributed by atoms with Crippen molar-refractivity contribution in [2.45, 2.75) is 64.7 Å². The summed E-state index contributed by atoms with van der Waals surface area (Å²) in [6.07, 6.45) is 10.7. The van der Waals surface area contributed by atoms with E-state index in [1.54, 1.807) is 6.07 Å². The molecule has 0 spiro atoms. The van der Waals surface area contributed by atoms with Crippen molar-refractivity contribution < 1.29 is 44.6 Å². The van der Waals surface area contributed by atoms with Gasteiger partial charge >= 0.3 is 35.5 Å². The molecule has 0 unspecified atom stereocenters. The summed E-state index contributed by atoms with van der Waals surface area (Å²) >= 11 is 0. The van der Waals surface area contributed by atoms with Gasteiger partial charge in [-0.3, -0.25) is 0 Å². The van der Waals surface area contributed by atoms with E-state index in [1.165, 1.54) is 50.7 Å². The molecule has 0 bridgehead atoms. The maximum atomic E-state index is 11.7. The van der Waals surface area contributed by atoms with Crippen molar-refractivity contribution in [1.29, 1.82) is 0 Å². The number of carbonyl (C=O) groups is 1. The van der Waals surface area contributed by atoms with Gasteiger partial charge in [-0.05, 0) is 18.9 Å². The minimum Gasteiger partial charge on any atom is -0.872 e. The predicted octanol–water partition coefficient (Wildman–Crippen LogP) is 1.15. The van der Waals surface area contributed by atoms with E-state index in [-0.39, 0.29) is 40.9 Å². The van der Waals surface area contributed by atoms with Gasteiger partial charge in [0.15, 0.2) is 0 Å². The van der Waals surface area contributed by atoms with Gasteiger partial charge in [-0.15, -0.1) is 5.75 Å². The van der Waals surface area contributed by atoms with Gasteiger partial charge in [0.05, 0.1) is 5.56 Å². The number of unbranched alkanes of at least 4 members (excludes halogenated alkanes) is 7. The second-order valence-electron chi connectivity index (χ2n) is 5.35. The Kier molecular flexibility index (Phi) is 11.8. The second kappa shape index (κ2) is 12.1. The topological polar surface area (TPSA) is 60.4 Å². The average Bonchev–Trinajstić information content (AvgIpc) is 2.43.